The van der Waals surface area contributed by atoms with Gasteiger partial charge in [-0.15, -0.1) is 0 Å². The molecular weight excluding hydrogens is 428 g/mol. The predicted molar refractivity (Wildman–Crippen MR) is 135 cm³/mol. The van der Waals surface area contributed by atoms with Crippen LogP contribution in [0.5, 0.6) is 0 Å². The number of hydrogen-bond donors (Lipinski definition) is 1. The van der Waals surface area contributed by atoms with E-state index in [1.165, 1.54) is 25.7 Å². The lowest BCUT2D eigenvalue weighted by Crippen LogP contribution is -2.67. The summed E-state index contributed by atoms with van der Waals surface area (Å²) in [5.74, 6) is 8.51. The monoisotopic (exact) mass is 476 g/mol. The van der Waals surface area contributed by atoms with Crippen molar-refractivity contribution in [3.05, 3.63) is 0 Å². The third kappa shape index (κ3) is 4.49. The maximum absolute atomic E-state index is 11.1. The average Bonchev–Trinajstić information content (AvgIpc) is 3.43. The van der Waals surface area contributed by atoms with E-state index in [9.17, 15) is 5.11 Å². The molecule has 1 saturated heterocycles. The van der Waals surface area contributed by atoms with Gasteiger partial charge < -0.3 is 19.0 Å². The van der Waals surface area contributed by atoms with E-state index < -0.39 is 19.7 Å². The Labute approximate surface area is 203 Å². The molecule has 0 radical (unpaired) electrons. The van der Waals surface area contributed by atoms with Crippen LogP contribution >= 0.6 is 0 Å². The summed E-state index contributed by atoms with van der Waals surface area (Å²) < 4.78 is 19.6. The van der Waals surface area contributed by atoms with Gasteiger partial charge in [0.05, 0.1) is 25.2 Å². The van der Waals surface area contributed by atoms with Gasteiger partial charge in [-0.05, 0) is 69.0 Å². The van der Waals surface area contributed by atoms with Gasteiger partial charge in [-0.2, -0.15) is 0 Å². The van der Waals surface area contributed by atoms with E-state index in [-0.39, 0.29) is 17.1 Å². The lowest BCUT2D eigenvalue weighted by Gasteiger charge is -2.62. The number of aliphatic hydroxyl groups excluding tert-OH is 1. The summed E-state index contributed by atoms with van der Waals surface area (Å²) in [5.41, 5.74) is -0.436. The van der Waals surface area contributed by atoms with Crippen molar-refractivity contribution in [3.8, 4) is 11.8 Å². The smallest absolute Gasteiger partial charge is 0.194 e. The molecule has 0 aromatic carbocycles. The maximum Gasteiger partial charge on any atom is 0.194 e. The standard InChI is InChI=1S/C28H48O4Si/c1-8-11-22-25-21(24(29)15-14-23(25)28(22)30-18-19-31-28)16-17-27(5,20-12-9-10-13-20)32-33(6,7)26(2,3)4/h20-25,29H,8-15,18-19H2,1-7H3/t21-,22?,23-,24+,25-,27-/m1/s1. The molecule has 4 nitrogen and oxygen atoms in total. The van der Waals surface area contributed by atoms with Crippen LogP contribution in [-0.4, -0.2) is 44.1 Å². The number of hydrogen-bond acceptors (Lipinski definition) is 4. The van der Waals surface area contributed by atoms with Crippen molar-refractivity contribution in [3.63, 3.8) is 0 Å². The van der Waals surface area contributed by atoms with Crippen molar-refractivity contribution >= 4 is 8.32 Å². The molecule has 0 amide bonds. The van der Waals surface area contributed by atoms with Crippen molar-refractivity contribution in [2.24, 2.45) is 29.6 Å². The van der Waals surface area contributed by atoms with Crippen LogP contribution < -0.4 is 0 Å². The van der Waals surface area contributed by atoms with Gasteiger partial charge in [0, 0.05) is 11.8 Å². The molecule has 5 heteroatoms. The molecule has 4 aliphatic rings. The van der Waals surface area contributed by atoms with Crippen LogP contribution in [0.4, 0.5) is 0 Å². The molecule has 1 heterocycles. The molecule has 1 unspecified atom stereocenters. The minimum absolute atomic E-state index is 0.0116. The summed E-state index contributed by atoms with van der Waals surface area (Å²) in [7, 11) is -1.99. The molecule has 188 valence electrons. The number of aliphatic hydroxyl groups is 1. The molecule has 4 rings (SSSR count). The van der Waals surface area contributed by atoms with Crippen LogP contribution in [0.2, 0.25) is 18.1 Å². The van der Waals surface area contributed by atoms with E-state index in [1.54, 1.807) is 0 Å². The van der Waals surface area contributed by atoms with Gasteiger partial charge in [0.1, 0.15) is 5.60 Å². The maximum atomic E-state index is 11.1. The van der Waals surface area contributed by atoms with Crippen LogP contribution in [-0.2, 0) is 13.9 Å². The van der Waals surface area contributed by atoms with Gasteiger partial charge in [-0.3, -0.25) is 0 Å². The zero-order valence-electron chi connectivity index (χ0n) is 22.2. The van der Waals surface area contributed by atoms with E-state index in [2.05, 4.69) is 59.6 Å². The highest BCUT2D eigenvalue weighted by Crippen LogP contribution is 2.63. The van der Waals surface area contributed by atoms with Crippen LogP contribution in [0, 0.1) is 41.4 Å². The molecule has 1 spiro atoms. The molecule has 4 fully saturated rings. The molecular formula is C28H48O4Si. The number of ether oxygens (including phenoxy) is 2. The minimum atomic E-state index is -1.99. The molecule has 0 aromatic rings. The van der Waals surface area contributed by atoms with Crippen molar-refractivity contribution in [1.29, 1.82) is 0 Å². The van der Waals surface area contributed by atoms with Crippen molar-refractivity contribution in [2.75, 3.05) is 13.2 Å². The van der Waals surface area contributed by atoms with Gasteiger partial charge >= 0.3 is 0 Å². The molecule has 0 bridgehead atoms. The van der Waals surface area contributed by atoms with E-state index in [4.69, 9.17) is 13.9 Å². The van der Waals surface area contributed by atoms with E-state index in [0.717, 1.165) is 25.7 Å². The summed E-state index contributed by atoms with van der Waals surface area (Å²) in [4.78, 5) is 0. The number of rotatable bonds is 5. The van der Waals surface area contributed by atoms with Gasteiger partial charge in [-0.25, -0.2) is 0 Å². The first-order valence-electron chi connectivity index (χ1n) is 13.6. The Morgan fingerprint density at radius 1 is 1.03 bits per heavy atom. The second kappa shape index (κ2) is 9.25. The topological polar surface area (TPSA) is 47.9 Å². The zero-order chi connectivity index (χ0) is 24.1. The molecule has 1 N–H and O–H groups in total. The first-order chi connectivity index (χ1) is 15.5. The Balaban J connectivity index is 1.63. The SMILES string of the molecule is CCCC1[C@H]2[C@H](C#C[C@@](C)(O[Si](C)(C)C(C)(C)C)C3CCCC3)[C@@H](O)CC[C@H]2C12OCCO2. The highest BCUT2D eigenvalue weighted by atomic mass is 28.4. The molecule has 0 aromatic heterocycles. The fourth-order valence-electron chi connectivity index (χ4n) is 7.02. The van der Waals surface area contributed by atoms with Gasteiger partial charge in [0.25, 0.3) is 0 Å². The fourth-order valence-corrected chi connectivity index (χ4v) is 8.60. The largest absolute Gasteiger partial charge is 0.401 e. The normalized spacial score (nSPS) is 36.1. The Kier molecular flexibility index (Phi) is 7.20. The predicted octanol–water partition coefficient (Wildman–Crippen LogP) is 6.14. The van der Waals surface area contributed by atoms with E-state index in [1.807, 2.05) is 0 Å². The summed E-state index contributed by atoms with van der Waals surface area (Å²) >= 11 is 0. The van der Waals surface area contributed by atoms with Crippen LogP contribution in [0.3, 0.4) is 0 Å². The summed E-state index contributed by atoms with van der Waals surface area (Å²) in [6.07, 6.45) is 8.52. The average molecular weight is 477 g/mol. The quantitative estimate of drug-likeness (QED) is 0.383. The third-order valence-corrected chi connectivity index (χ3v) is 14.3. The van der Waals surface area contributed by atoms with Crippen LogP contribution in [0.15, 0.2) is 0 Å². The zero-order valence-corrected chi connectivity index (χ0v) is 23.2. The first-order valence-corrected chi connectivity index (χ1v) is 16.5. The Morgan fingerprint density at radius 2 is 1.67 bits per heavy atom. The number of fused-ring (bicyclic) bond motifs is 2. The summed E-state index contributed by atoms with van der Waals surface area (Å²) in [5, 5.41) is 11.3. The van der Waals surface area contributed by atoms with Gasteiger partial charge in [-0.1, -0.05) is 58.8 Å². The Hall–Kier alpha value is -0.383. The molecule has 3 aliphatic carbocycles. The van der Waals surface area contributed by atoms with Crippen molar-refractivity contribution < 1.29 is 19.0 Å². The molecule has 1 aliphatic heterocycles. The Morgan fingerprint density at radius 3 is 2.24 bits per heavy atom. The second-order valence-corrected chi connectivity index (χ2v) is 17.6. The molecule has 6 atom stereocenters. The van der Waals surface area contributed by atoms with E-state index >= 15 is 0 Å². The molecule has 3 saturated carbocycles. The van der Waals surface area contributed by atoms with Crippen LogP contribution in [0.25, 0.3) is 0 Å². The van der Waals surface area contributed by atoms with E-state index in [0.29, 0.717) is 36.9 Å². The lowest BCUT2D eigenvalue weighted by atomic mass is 9.49. The fraction of sp³-hybridized carbons (Fsp3) is 0.929. The summed E-state index contributed by atoms with van der Waals surface area (Å²) in [6, 6.07) is 0. The van der Waals surface area contributed by atoms with Crippen molar-refractivity contribution in [1.82, 2.24) is 0 Å². The first kappa shape index (κ1) is 25.7. The summed E-state index contributed by atoms with van der Waals surface area (Å²) in [6.45, 7) is 17.5. The van der Waals surface area contributed by atoms with Gasteiger partial charge in [0.15, 0.2) is 14.1 Å². The van der Waals surface area contributed by atoms with Gasteiger partial charge in [0.2, 0.25) is 0 Å². The minimum Gasteiger partial charge on any atom is -0.401 e. The second-order valence-electron chi connectivity index (χ2n) is 12.9. The molecule has 33 heavy (non-hydrogen) atoms. The van der Waals surface area contributed by atoms with Crippen LogP contribution in [0.1, 0.15) is 86.0 Å². The lowest BCUT2D eigenvalue weighted by molar-refractivity contribution is -0.340. The highest BCUT2D eigenvalue weighted by Gasteiger charge is 2.68. The Bertz CT molecular complexity index is 750. The highest BCUT2D eigenvalue weighted by molar-refractivity contribution is 6.74. The third-order valence-electron chi connectivity index (χ3n) is 9.80. The van der Waals surface area contributed by atoms with Crippen molar-refractivity contribution in [2.45, 2.75) is 122 Å².